The molecular weight excluding hydrogens is 362 g/mol. The molecule has 0 aliphatic rings. The number of carbonyl (C=O) groups is 3. The highest BCUT2D eigenvalue weighted by molar-refractivity contribution is 6.31. The maximum Gasteiger partial charge on any atom is 0.286 e. The molecule has 0 spiro atoms. The van der Waals surface area contributed by atoms with Gasteiger partial charge in [-0.15, -0.1) is 0 Å². The Kier molecular flexibility index (Phi) is 7.04. The molecule has 9 heteroatoms. The average molecular weight is 380 g/mol. The molecule has 1 heterocycles. The molecule has 0 aliphatic heterocycles. The summed E-state index contributed by atoms with van der Waals surface area (Å²) in [6, 6.07) is 8.12. The minimum Gasteiger partial charge on any atom is -0.484 e. The second-order valence-corrected chi connectivity index (χ2v) is 5.69. The molecule has 8 nitrogen and oxygen atoms in total. The summed E-state index contributed by atoms with van der Waals surface area (Å²) < 4.78 is 10.2. The Balaban J connectivity index is 1.61. The normalized spacial score (nSPS) is 10.1. The van der Waals surface area contributed by atoms with Crippen LogP contribution in [0.4, 0.5) is 0 Å². The van der Waals surface area contributed by atoms with E-state index in [1.54, 1.807) is 24.3 Å². The van der Waals surface area contributed by atoms with E-state index in [9.17, 15) is 14.4 Å². The van der Waals surface area contributed by atoms with Crippen molar-refractivity contribution in [1.82, 2.24) is 16.2 Å². The fourth-order valence-electron chi connectivity index (χ4n) is 1.88. The topological polar surface area (TPSA) is 110 Å². The average Bonchev–Trinajstić information content (AvgIpc) is 3.15. The standard InChI is InChI=1S/C17H18ClN3O5/c1-11-9-12(4-5-13(11)18)26-10-16(23)21-20-15(22)6-7-19-17(24)14-3-2-8-25-14/h2-5,8-9H,6-7,10H2,1H3,(H,19,24)(H,20,22)(H,21,23). The molecule has 3 N–H and O–H groups in total. The van der Waals surface area contributed by atoms with Crippen molar-refractivity contribution in [3.63, 3.8) is 0 Å². The van der Waals surface area contributed by atoms with Crippen LogP contribution in [0.1, 0.15) is 22.5 Å². The summed E-state index contributed by atoms with van der Waals surface area (Å²) in [6.07, 6.45) is 1.37. The number of nitrogens with one attached hydrogen (secondary N) is 3. The van der Waals surface area contributed by atoms with Crippen LogP contribution in [0.5, 0.6) is 5.75 Å². The van der Waals surface area contributed by atoms with E-state index in [-0.39, 0.29) is 25.3 Å². The number of hydrogen-bond donors (Lipinski definition) is 3. The quantitative estimate of drug-likeness (QED) is 0.633. The Morgan fingerprint density at radius 1 is 1.15 bits per heavy atom. The van der Waals surface area contributed by atoms with Gasteiger partial charge in [-0.2, -0.15) is 0 Å². The molecule has 138 valence electrons. The van der Waals surface area contributed by atoms with Crippen LogP contribution in [0.15, 0.2) is 41.0 Å². The van der Waals surface area contributed by atoms with Crippen molar-refractivity contribution >= 4 is 29.3 Å². The van der Waals surface area contributed by atoms with Crippen molar-refractivity contribution in [2.24, 2.45) is 0 Å². The first-order valence-corrected chi connectivity index (χ1v) is 8.12. The highest BCUT2D eigenvalue weighted by Crippen LogP contribution is 2.20. The molecule has 26 heavy (non-hydrogen) atoms. The number of halogens is 1. The SMILES string of the molecule is Cc1cc(OCC(=O)NNC(=O)CCNC(=O)c2ccco2)ccc1Cl. The second-order valence-electron chi connectivity index (χ2n) is 5.28. The lowest BCUT2D eigenvalue weighted by Crippen LogP contribution is -2.44. The van der Waals surface area contributed by atoms with E-state index in [1.807, 2.05) is 6.92 Å². The van der Waals surface area contributed by atoms with E-state index < -0.39 is 17.7 Å². The van der Waals surface area contributed by atoms with Crippen LogP contribution in [0.25, 0.3) is 0 Å². The van der Waals surface area contributed by atoms with Gasteiger partial charge in [-0.05, 0) is 42.8 Å². The highest BCUT2D eigenvalue weighted by Gasteiger charge is 2.10. The summed E-state index contributed by atoms with van der Waals surface area (Å²) in [5, 5.41) is 3.12. The molecule has 0 aliphatic carbocycles. The van der Waals surface area contributed by atoms with E-state index in [1.165, 1.54) is 12.3 Å². The minimum atomic E-state index is -0.523. The lowest BCUT2D eigenvalue weighted by atomic mass is 10.2. The predicted octanol–water partition coefficient (Wildman–Crippen LogP) is 1.59. The summed E-state index contributed by atoms with van der Waals surface area (Å²) in [5.41, 5.74) is 5.29. The van der Waals surface area contributed by atoms with Gasteiger partial charge in [-0.3, -0.25) is 25.2 Å². The van der Waals surface area contributed by atoms with Gasteiger partial charge >= 0.3 is 0 Å². The van der Waals surface area contributed by atoms with Crippen molar-refractivity contribution in [2.75, 3.05) is 13.2 Å². The van der Waals surface area contributed by atoms with Crippen LogP contribution in [0.2, 0.25) is 5.02 Å². The molecule has 1 aromatic carbocycles. The number of hydrazine groups is 1. The molecule has 0 radical (unpaired) electrons. The van der Waals surface area contributed by atoms with Gasteiger partial charge < -0.3 is 14.5 Å². The van der Waals surface area contributed by atoms with E-state index in [0.29, 0.717) is 10.8 Å². The maximum atomic E-state index is 11.7. The number of ether oxygens (including phenoxy) is 1. The van der Waals surface area contributed by atoms with E-state index >= 15 is 0 Å². The first-order chi connectivity index (χ1) is 12.5. The highest BCUT2D eigenvalue weighted by atomic mass is 35.5. The van der Waals surface area contributed by atoms with Crippen LogP contribution in [0, 0.1) is 6.92 Å². The number of benzene rings is 1. The van der Waals surface area contributed by atoms with Crippen molar-refractivity contribution in [3.8, 4) is 5.75 Å². The van der Waals surface area contributed by atoms with Crippen molar-refractivity contribution < 1.29 is 23.5 Å². The minimum absolute atomic E-state index is 0.00996. The summed E-state index contributed by atoms with van der Waals surface area (Å²) in [5.74, 6) is -0.744. The largest absolute Gasteiger partial charge is 0.484 e. The van der Waals surface area contributed by atoms with Gasteiger partial charge in [-0.25, -0.2) is 0 Å². The van der Waals surface area contributed by atoms with Gasteiger partial charge in [0, 0.05) is 18.0 Å². The third-order valence-corrected chi connectivity index (χ3v) is 3.65. The fraction of sp³-hybridized carbons (Fsp3) is 0.235. The van der Waals surface area contributed by atoms with E-state index in [4.69, 9.17) is 20.8 Å². The van der Waals surface area contributed by atoms with Gasteiger partial charge in [0.15, 0.2) is 12.4 Å². The Labute approximate surface area is 154 Å². The number of rotatable bonds is 7. The van der Waals surface area contributed by atoms with Gasteiger partial charge in [0.05, 0.1) is 6.26 Å². The molecular formula is C17H18ClN3O5. The molecule has 2 rings (SSSR count). The summed E-state index contributed by atoms with van der Waals surface area (Å²) >= 11 is 5.90. The van der Waals surface area contributed by atoms with E-state index in [2.05, 4.69) is 16.2 Å². The zero-order valence-electron chi connectivity index (χ0n) is 14.0. The molecule has 0 atom stereocenters. The Morgan fingerprint density at radius 3 is 2.62 bits per heavy atom. The molecule has 0 saturated carbocycles. The zero-order chi connectivity index (χ0) is 18.9. The molecule has 3 amide bonds. The predicted molar refractivity (Wildman–Crippen MR) is 93.6 cm³/mol. The molecule has 0 fully saturated rings. The molecule has 0 bridgehead atoms. The van der Waals surface area contributed by atoms with Gasteiger partial charge in [0.25, 0.3) is 11.8 Å². The van der Waals surface area contributed by atoms with Crippen LogP contribution >= 0.6 is 11.6 Å². The van der Waals surface area contributed by atoms with Crippen molar-refractivity contribution in [2.45, 2.75) is 13.3 Å². The van der Waals surface area contributed by atoms with Crippen LogP contribution in [0.3, 0.4) is 0 Å². The second kappa shape index (κ2) is 9.47. The zero-order valence-corrected chi connectivity index (χ0v) is 14.8. The molecule has 0 saturated heterocycles. The van der Waals surface area contributed by atoms with Crippen LogP contribution in [-0.4, -0.2) is 30.9 Å². The summed E-state index contributed by atoms with van der Waals surface area (Å²) in [6.45, 7) is 1.65. The molecule has 0 unspecified atom stereocenters. The lowest BCUT2D eigenvalue weighted by molar-refractivity contribution is -0.129. The lowest BCUT2D eigenvalue weighted by Gasteiger charge is -2.10. The van der Waals surface area contributed by atoms with Crippen molar-refractivity contribution in [1.29, 1.82) is 0 Å². The Bertz CT molecular complexity index is 777. The number of furan rings is 1. The first-order valence-electron chi connectivity index (χ1n) is 7.74. The summed E-state index contributed by atoms with van der Waals surface area (Å²) in [4.78, 5) is 34.9. The third kappa shape index (κ3) is 6.14. The monoisotopic (exact) mass is 379 g/mol. The van der Waals surface area contributed by atoms with Crippen molar-refractivity contribution in [3.05, 3.63) is 52.9 Å². The first kappa shape index (κ1) is 19.3. The van der Waals surface area contributed by atoms with Gasteiger partial charge in [0.1, 0.15) is 5.75 Å². The summed E-state index contributed by atoms with van der Waals surface area (Å²) in [7, 11) is 0. The molecule has 1 aromatic heterocycles. The van der Waals surface area contributed by atoms with Crippen LogP contribution in [-0.2, 0) is 9.59 Å². The number of aryl methyl sites for hydroxylation is 1. The fourth-order valence-corrected chi connectivity index (χ4v) is 2.00. The number of amides is 3. The molecule has 2 aromatic rings. The van der Waals surface area contributed by atoms with Crippen LogP contribution < -0.4 is 20.9 Å². The van der Waals surface area contributed by atoms with Gasteiger partial charge in [-0.1, -0.05) is 11.6 Å². The van der Waals surface area contributed by atoms with E-state index in [0.717, 1.165) is 5.56 Å². The van der Waals surface area contributed by atoms with Gasteiger partial charge in [0.2, 0.25) is 5.91 Å². The third-order valence-electron chi connectivity index (χ3n) is 3.22. The number of hydrogen-bond acceptors (Lipinski definition) is 5. The Hall–Kier alpha value is -3.00. The smallest absolute Gasteiger partial charge is 0.286 e. The maximum absolute atomic E-state index is 11.7. The Morgan fingerprint density at radius 2 is 1.92 bits per heavy atom. The number of carbonyl (C=O) groups excluding carboxylic acids is 3.